The summed E-state index contributed by atoms with van der Waals surface area (Å²) in [6.07, 6.45) is 3.02. The topological polar surface area (TPSA) is 73.8 Å². The van der Waals surface area contributed by atoms with Crippen LogP contribution in [0.3, 0.4) is 0 Å². The van der Waals surface area contributed by atoms with Crippen LogP contribution in [0, 0.1) is 5.92 Å². The van der Waals surface area contributed by atoms with E-state index in [0.29, 0.717) is 24.5 Å². The molecule has 18 heavy (non-hydrogen) atoms. The summed E-state index contributed by atoms with van der Waals surface area (Å²) in [7, 11) is 1.81. The number of carbonyl (C=O) groups excluding carboxylic acids is 2. The Morgan fingerprint density at radius 2 is 2.11 bits per heavy atom. The maximum absolute atomic E-state index is 12.1. The molecule has 6 heteroatoms. The van der Waals surface area contributed by atoms with Crippen molar-refractivity contribution in [3.05, 3.63) is 0 Å². The van der Waals surface area contributed by atoms with Gasteiger partial charge in [-0.3, -0.25) is 9.59 Å². The fourth-order valence-corrected chi connectivity index (χ4v) is 2.38. The predicted molar refractivity (Wildman–Crippen MR) is 68.0 cm³/mol. The van der Waals surface area contributed by atoms with Gasteiger partial charge in [0.2, 0.25) is 5.91 Å². The van der Waals surface area contributed by atoms with Crippen molar-refractivity contribution in [3.63, 3.8) is 0 Å². The van der Waals surface area contributed by atoms with E-state index in [1.165, 1.54) is 0 Å². The van der Waals surface area contributed by atoms with E-state index < -0.39 is 0 Å². The van der Waals surface area contributed by atoms with Crippen molar-refractivity contribution >= 4 is 17.5 Å². The number of nitrogens with zero attached hydrogens (tertiary/aromatic N) is 2. The van der Waals surface area contributed by atoms with Gasteiger partial charge in [-0.2, -0.15) is 5.10 Å². The highest BCUT2D eigenvalue weighted by Crippen LogP contribution is 2.13. The molecule has 0 aromatic heterocycles. The standard InChI is InChI=1S/C12H20N4O2/c1-16(8-9-4-6-13-7-5-9)12(18)10-2-3-11(17)15-14-10/h9,13H,2-8H2,1H3,(H,15,17). The molecule has 0 bridgehead atoms. The molecule has 6 nitrogen and oxygen atoms in total. The van der Waals surface area contributed by atoms with Crippen LogP contribution in [-0.4, -0.2) is 49.1 Å². The molecule has 2 amide bonds. The van der Waals surface area contributed by atoms with Crippen molar-refractivity contribution in [1.29, 1.82) is 0 Å². The fourth-order valence-electron chi connectivity index (χ4n) is 2.38. The number of carbonyl (C=O) groups is 2. The summed E-state index contributed by atoms with van der Waals surface area (Å²) >= 11 is 0. The molecule has 0 aromatic rings. The first kappa shape index (κ1) is 13.0. The van der Waals surface area contributed by atoms with Gasteiger partial charge in [-0.15, -0.1) is 0 Å². The molecule has 0 spiro atoms. The molecule has 0 radical (unpaired) electrons. The van der Waals surface area contributed by atoms with Crippen LogP contribution in [0.25, 0.3) is 0 Å². The molecule has 100 valence electrons. The highest BCUT2D eigenvalue weighted by molar-refractivity contribution is 6.39. The third-order valence-corrected chi connectivity index (χ3v) is 3.49. The predicted octanol–water partition coefficient (Wildman–Crippen LogP) is -0.290. The average Bonchev–Trinajstić information content (AvgIpc) is 2.40. The van der Waals surface area contributed by atoms with E-state index in [0.717, 1.165) is 32.5 Å². The molecule has 1 saturated heterocycles. The Hall–Kier alpha value is -1.43. The Kier molecular flexibility index (Phi) is 4.30. The summed E-state index contributed by atoms with van der Waals surface area (Å²) in [6.45, 7) is 2.83. The molecule has 0 aliphatic carbocycles. The van der Waals surface area contributed by atoms with Gasteiger partial charge in [0, 0.05) is 26.4 Å². The van der Waals surface area contributed by atoms with Gasteiger partial charge in [-0.25, -0.2) is 5.43 Å². The van der Waals surface area contributed by atoms with Crippen LogP contribution < -0.4 is 10.7 Å². The van der Waals surface area contributed by atoms with Crippen LogP contribution in [0.2, 0.25) is 0 Å². The number of hydrogen-bond donors (Lipinski definition) is 2. The van der Waals surface area contributed by atoms with Crippen LogP contribution in [-0.2, 0) is 9.59 Å². The van der Waals surface area contributed by atoms with E-state index in [-0.39, 0.29) is 11.8 Å². The highest BCUT2D eigenvalue weighted by Gasteiger charge is 2.23. The molecule has 1 fully saturated rings. The summed E-state index contributed by atoms with van der Waals surface area (Å²) < 4.78 is 0. The van der Waals surface area contributed by atoms with Gasteiger partial charge in [-0.05, 0) is 31.8 Å². The summed E-state index contributed by atoms with van der Waals surface area (Å²) in [4.78, 5) is 24.8. The van der Waals surface area contributed by atoms with Crippen molar-refractivity contribution < 1.29 is 9.59 Å². The van der Waals surface area contributed by atoms with E-state index in [4.69, 9.17) is 0 Å². The average molecular weight is 252 g/mol. The number of rotatable bonds is 3. The second kappa shape index (κ2) is 5.95. The molecule has 2 N–H and O–H groups in total. The molecule has 0 saturated carbocycles. The van der Waals surface area contributed by atoms with E-state index in [2.05, 4.69) is 15.8 Å². The lowest BCUT2D eigenvalue weighted by atomic mass is 9.97. The number of hydrogen-bond acceptors (Lipinski definition) is 4. The Bertz CT molecular complexity index is 361. The first-order valence-corrected chi connectivity index (χ1v) is 6.48. The van der Waals surface area contributed by atoms with Gasteiger partial charge < -0.3 is 10.2 Å². The smallest absolute Gasteiger partial charge is 0.269 e. The summed E-state index contributed by atoms with van der Waals surface area (Å²) in [5.74, 6) is 0.389. The Labute approximate surface area is 107 Å². The lowest BCUT2D eigenvalue weighted by Crippen LogP contribution is -2.42. The SMILES string of the molecule is CN(CC1CCNCC1)C(=O)C1=NNC(=O)CC1. The first-order chi connectivity index (χ1) is 8.66. The molecular formula is C12H20N4O2. The van der Waals surface area contributed by atoms with Gasteiger partial charge in [0.1, 0.15) is 5.71 Å². The maximum atomic E-state index is 12.1. The quantitative estimate of drug-likeness (QED) is 0.725. The molecular weight excluding hydrogens is 232 g/mol. The fraction of sp³-hybridized carbons (Fsp3) is 0.750. The van der Waals surface area contributed by atoms with Crippen molar-refractivity contribution in [2.24, 2.45) is 11.0 Å². The maximum Gasteiger partial charge on any atom is 0.269 e. The largest absolute Gasteiger partial charge is 0.340 e. The van der Waals surface area contributed by atoms with Gasteiger partial charge in [-0.1, -0.05) is 0 Å². The number of hydrazone groups is 1. The third-order valence-electron chi connectivity index (χ3n) is 3.49. The minimum atomic E-state index is -0.118. The van der Waals surface area contributed by atoms with Gasteiger partial charge >= 0.3 is 0 Å². The van der Waals surface area contributed by atoms with Crippen molar-refractivity contribution in [2.75, 3.05) is 26.7 Å². The zero-order chi connectivity index (χ0) is 13.0. The summed E-state index contributed by atoms with van der Waals surface area (Å²) in [5, 5.41) is 7.15. The van der Waals surface area contributed by atoms with Crippen LogP contribution in [0.15, 0.2) is 5.10 Å². The van der Waals surface area contributed by atoms with Crippen molar-refractivity contribution in [2.45, 2.75) is 25.7 Å². The summed E-state index contributed by atoms with van der Waals surface area (Å²) in [6, 6.07) is 0. The van der Waals surface area contributed by atoms with Crippen LogP contribution in [0.1, 0.15) is 25.7 Å². The van der Waals surface area contributed by atoms with Crippen molar-refractivity contribution in [3.8, 4) is 0 Å². The molecule has 0 unspecified atom stereocenters. The molecule has 2 aliphatic heterocycles. The molecule has 0 atom stereocenters. The minimum absolute atomic E-state index is 0.0615. The molecule has 2 heterocycles. The van der Waals surface area contributed by atoms with Gasteiger partial charge in [0.15, 0.2) is 0 Å². The Balaban J connectivity index is 1.86. The van der Waals surface area contributed by atoms with E-state index in [1.807, 2.05) is 7.05 Å². The highest BCUT2D eigenvalue weighted by atomic mass is 16.2. The zero-order valence-electron chi connectivity index (χ0n) is 10.7. The second-order valence-corrected chi connectivity index (χ2v) is 4.97. The summed E-state index contributed by atoms with van der Waals surface area (Å²) in [5.41, 5.74) is 2.83. The second-order valence-electron chi connectivity index (χ2n) is 4.97. The van der Waals surface area contributed by atoms with Crippen LogP contribution in [0.4, 0.5) is 0 Å². The zero-order valence-corrected chi connectivity index (χ0v) is 10.7. The third kappa shape index (κ3) is 3.29. The number of piperidine rings is 1. The molecule has 2 rings (SSSR count). The van der Waals surface area contributed by atoms with Crippen molar-refractivity contribution in [1.82, 2.24) is 15.6 Å². The Morgan fingerprint density at radius 1 is 1.39 bits per heavy atom. The van der Waals surface area contributed by atoms with Crippen LogP contribution in [0.5, 0.6) is 0 Å². The molecule has 2 aliphatic rings. The van der Waals surface area contributed by atoms with E-state index >= 15 is 0 Å². The number of nitrogens with one attached hydrogen (secondary N) is 2. The van der Waals surface area contributed by atoms with E-state index in [1.54, 1.807) is 4.90 Å². The minimum Gasteiger partial charge on any atom is -0.340 e. The first-order valence-electron chi connectivity index (χ1n) is 6.48. The number of amides is 2. The van der Waals surface area contributed by atoms with Crippen LogP contribution >= 0.6 is 0 Å². The monoisotopic (exact) mass is 252 g/mol. The van der Waals surface area contributed by atoms with E-state index in [9.17, 15) is 9.59 Å². The normalized spacial score (nSPS) is 21.2. The molecule has 0 aromatic carbocycles. The van der Waals surface area contributed by atoms with Gasteiger partial charge in [0.25, 0.3) is 5.91 Å². The lowest BCUT2D eigenvalue weighted by Gasteiger charge is -2.28. The Morgan fingerprint density at radius 3 is 2.72 bits per heavy atom. The lowest BCUT2D eigenvalue weighted by molar-refractivity contribution is -0.124. The van der Waals surface area contributed by atoms with Gasteiger partial charge in [0.05, 0.1) is 0 Å².